The monoisotopic (exact) mass is 273 g/mol. The maximum absolute atomic E-state index is 6.32. The van der Waals surface area contributed by atoms with Crippen molar-refractivity contribution >= 4 is 11.6 Å². The molecule has 0 aromatic heterocycles. The number of rotatable bonds is 2. The van der Waals surface area contributed by atoms with Crippen molar-refractivity contribution in [2.45, 2.75) is 18.9 Å². The van der Waals surface area contributed by atoms with Gasteiger partial charge < -0.3 is 10.5 Å². The molecule has 0 spiro atoms. The molecule has 0 radical (unpaired) electrons. The molecule has 2 aromatic rings. The van der Waals surface area contributed by atoms with Gasteiger partial charge in [0.1, 0.15) is 5.75 Å². The maximum atomic E-state index is 6.32. The Balaban J connectivity index is 1.91. The molecule has 3 rings (SSSR count). The molecule has 19 heavy (non-hydrogen) atoms. The van der Waals surface area contributed by atoms with Crippen LogP contribution in [-0.4, -0.2) is 6.61 Å². The van der Waals surface area contributed by atoms with Gasteiger partial charge in [0.25, 0.3) is 0 Å². The van der Waals surface area contributed by atoms with Crippen molar-refractivity contribution in [3.05, 3.63) is 64.2 Å². The van der Waals surface area contributed by atoms with E-state index >= 15 is 0 Å². The summed E-state index contributed by atoms with van der Waals surface area (Å²) in [4.78, 5) is 0. The summed E-state index contributed by atoms with van der Waals surface area (Å²) >= 11 is 5.90. The lowest BCUT2D eigenvalue weighted by Crippen LogP contribution is -2.14. The summed E-state index contributed by atoms with van der Waals surface area (Å²) in [5, 5.41) is 0.731. The summed E-state index contributed by atoms with van der Waals surface area (Å²) in [7, 11) is 0. The molecule has 1 heterocycles. The van der Waals surface area contributed by atoms with Crippen molar-refractivity contribution in [2.24, 2.45) is 5.73 Å². The molecule has 0 bridgehead atoms. The highest BCUT2D eigenvalue weighted by Gasteiger charge is 2.14. The molecule has 2 aromatic carbocycles. The van der Waals surface area contributed by atoms with E-state index in [1.807, 2.05) is 36.4 Å². The van der Waals surface area contributed by atoms with Gasteiger partial charge in [-0.3, -0.25) is 0 Å². The lowest BCUT2D eigenvalue weighted by atomic mass is 9.95. The third-order valence-electron chi connectivity index (χ3n) is 3.52. The van der Waals surface area contributed by atoms with Crippen molar-refractivity contribution in [1.82, 2.24) is 0 Å². The first-order chi connectivity index (χ1) is 9.24. The minimum atomic E-state index is -0.121. The third-order valence-corrected chi connectivity index (χ3v) is 3.77. The van der Waals surface area contributed by atoms with E-state index in [-0.39, 0.29) is 6.04 Å². The number of nitrogens with two attached hydrogens (primary N) is 1. The number of hydrogen-bond donors (Lipinski definition) is 1. The summed E-state index contributed by atoms with van der Waals surface area (Å²) in [6, 6.07) is 13.8. The van der Waals surface area contributed by atoms with Gasteiger partial charge >= 0.3 is 0 Å². The van der Waals surface area contributed by atoms with Gasteiger partial charge in [0.05, 0.1) is 12.6 Å². The molecule has 1 unspecified atom stereocenters. The summed E-state index contributed by atoms with van der Waals surface area (Å²) in [5.41, 5.74) is 9.76. The van der Waals surface area contributed by atoms with E-state index in [0.717, 1.165) is 41.3 Å². The number of benzene rings is 2. The Morgan fingerprint density at radius 3 is 2.58 bits per heavy atom. The molecule has 0 fully saturated rings. The molecule has 3 heteroatoms. The summed E-state index contributed by atoms with van der Waals surface area (Å²) in [6.07, 6.45) is 2.14. The Morgan fingerprint density at radius 1 is 1.05 bits per heavy atom. The lowest BCUT2D eigenvalue weighted by molar-refractivity contribution is 0.288. The van der Waals surface area contributed by atoms with Gasteiger partial charge in [-0.2, -0.15) is 0 Å². The Morgan fingerprint density at radius 2 is 1.79 bits per heavy atom. The fraction of sp³-hybridized carbons (Fsp3) is 0.250. The van der Waals surface area contributed by atoms with Crippen LogP contribution >= 0.6 is 11.6 Å². The Kier molecular flexibility index (Phi) is 3.45. The van der Waals surface area contributed by atoms with Gasteiger partial charge in [0.2, 0.25) is 0 Å². The van der Waals surface area contributed by atoms with E-state index in [9.17, 15) is 0 Å². The smallest absolute Gasteiger partial charge is 0.122 e. The number of halogens is 1. The van der Waals surface area contributed by atoms with E-state index in [2.05, 4.69) is 6.07 Å². The van der Waals surface area contributed by atoms with Gasteiger partial charge in [0, 0.05) is 5.02 Å². The lowest BCUT2D eigenvalue weighted by Gasteiger charge is -2.20. The van der Waals surface area contributed by atoms with Crippen molar-refractivity contribution in [3.8, 4) is 5.75 Å². The van der Waals surface area contributed by atoms with Crippen LogP contribution in [0.4, 0.5) is 0 Å². The molecule has 1 aliphatic rings. The topological polar surface area (TPSA) is 35.2 Å². The highest BCUT2D eigenvalue weighted by Crippen LogP contribution is 2.29. The van der Waals surface area contributed by atoms with Crippen molar-refractivity contribution < 1.29 is 4.74 Å². The molecule has 1 atom stereocenters. The van der Waals surface area contributed by atoms with E-state index in [1.54, 1.807) is 0 Å². The van der Waals surface area contributed by atoms with E-state index < -0.39 is 0 Å². The zero-order valence-electron chi connectivity index (χ0n) is 10.6. The van der Waals surface area contributed by atoms with Crippen LogP contribution in [0.5, 0.6) is 5.75 Å². The van der Waals surface area contributed by atoms with Crippen molar-refractivity contribution in [1.29, 1.82) is 0 Å². The molecular weight excluding hydrogens is 258 g/mol. The average Bonchev–Trinajstić information content (AvgIpc) is 2.47. The van der Waals surface area contributed by atoms with Crippen LogP contribution in [0.1, 0.15) is 29.2 Å². The molecule has 2 nitrogen and oxygen atoms in total. The standard InChI is InChI=1S/C16H16ClNO/c17-14-6-3-11(4-7-14)16(18)13-5-8-15-12(10-13)2-1-9-19-15/h3-8,10,16H,1-2,9,18H2. The first-order valence-corrected chi connectivity index (χ1v) is 6.88. The van der Waals surface area contributed by atoms with Crippen LogP contribution in [0.15, 0.2) is 42.5 Å². The van der Waals surface area contributed by atoms with Gasteiger partial charge in [0.15, 0.2) is 0 Å². The van der Waals surface area contributed by atoms with Crippen LogP contribution in [0.2, 0.25) is 5.02 Å². The van der Waals surface area contributed by atoms with Gasteiger partial charge in [-0.15, -0.1) is 0 Å². The fourth-order valence-electron chi connectivity index (χ4n) is 2.44. The number of fused-ring (bicyclic) bond motifs is 1. The van der Waals surface area contributed by atoms with Crippen LogP contribution in [0.3, 0.4) is 0 Å². The van der Waals surface area contributed by atoms with E-state index in [0.29, 0.717) is 0 Å². The van der Waals surface area contributed by atoms with E-state index in [1.165, 1.54) is 5.56 Å². The fourth-order valence-corrected chi connectivity index (χ4v) is 2.56. The molecule has 0 aliphatic carbocycles. The van der Waals surface area contributed by atoms with Gasteiger partial charge in [-0.1, -0.05) is 35.9 Å². The molecule has 1 aliphatic heterocycles. The quantitative estimate of drug-likeness (QED) is 0.905. The van der Waals surface area contributed by atoms with Crippen molar-refractivity contribution in [3.63, 3.8) is 0 Å². The van der Waals surface area contributed by atoms with Crippen LogP contribution < -0.4 is 10.5 Å². The first kappa shape index (κ1) is 12.5. The predicted molar refractivity (Wildman–Crippen MR) is 77.7 cm³/mol. The second-order valence-corrected chi connectivity index (χ2v) is 5.28. The zero-order valence-corrected chi connectivity index (χ0v) is 11.4. The van der Waals surface area contributed by atoms with Crippen LogP contribution in [0.25, 0.3) is 0 Å². The normalized spacial score (nSPS) is 15.5. The third kappa shape index (κ3) is 2.60. The number of aryl methyl sites for hydroxylation is 1. The van der Waals surface area contributed by atoms with Crippen LogP contribution in [-0.2, 0) is 6.42 Å². The number of ether oxygens (including phenoxy) is 1. The van der Waals surface area contributed by atoms with E-state index in [4.69, 9.17) is 22.1 Å². The zero-order chi connectivity index (χ0) is 13.2. The Hall–Kier alpha value is -1.51. The molecule has 98 valence electrons. The molecule has 2 N–H and O–H groups in total. The SMILES string of the molecule is NC(c1ccc(Cl)cc1)c1ccc2c(c1)CCCO2. The average molecular weight is 274 g/mol. The molecular formula is C16H16ClNO. The highest BCUT2D eigenvalue weighted by molar-refractivity contribution is 6.30. The summed E-state index contributed by atoms with van der Waals surface area (Å²) < 4.78 is 5.62. The second-order valence-electron chi connectivity index (χ2n) is 4.85. The van der Waals surface area contributed by atoms with Gasteiger partial charge in [-0.25, -0.2) is 0 Å². The van der Waals surface area contributed by atoms with Crippen LogP contribution in [0, 0.1) is 0 Å². The minimum Gasteiger partial charge on any atom is -0.493 e. The molecule has 0 amide bonds. The number of hydrogen-bond acceptors (Lipinski definition) is 2. The second kappa shape index (κ2) is 5.24. The maximum Gasteiger partial charge on any atom is 0.122 e. The molecule has 0 saturated heterocycles. The minimum absolute atomic E-state index is 0.121. The Bertz CT molecular complexity index is 580. The molecule has 0 saturated carbocycles. The summed E-state index contributed by atoms with van der Waals surface area (Å²) in [5.74, 6) is 0.998. The summed E-state index contributed by atoms with van der Waals surface area (Å²) in [6.45, 7) is 0.815. The predicted octanol–water partition coefficient (Wildman–Crippen LogP) is 3.71. The highest BCUT2D eigenvalue weighted by atomic mass is 35.5. The van der Waals surface area contributed by atoms with Gasteiger partial charge in [-0.05, 0) is 47.7 Å². The Labute approximate surface area is 118 Å². The van der Waals surface area contributed by atoms with Crippen molar-refractivity contribution in [2.75, 3.05) is 6.61 Å². The first-order valence-electron chi connectivity index (χ1n) is 6.51. The largest absolute Gasteiger partial charge is 0.493 e.